The van der Waals surface area contributed by atoms with Crippen LogP contribution in [0.2, 0.25) is 0 Å². The van der Waals surface area contributed by atoms with Gasteiger partial charge < -0.3 is 0 Å². The maximum Gasteiger partial charge on any atom is 0.273 e. The molecule has 0 saturated heterocycles. The first kappa shape index (κ1) is 18.5. The van der Waals surface area contributed by atoms with Gasteiger partial charge >= 0.3 is 0 Å². The van der Waals surface area contributed by atoms with Crippen molar-refractivity contribution in [1.82, 2.24) is 29.6 Å². The normalized spacial score (nSPS) is 11.2. The Morgan fingerprint density at radius 1 is 1.10 bits per heavy atom. The molecular weight excluding hydrogens is 380 g/mol. The minimum Gasteiger partial charge on any atom is -0.267 e. The van der Waals surface area contributed by atoms with Crippen LogP contribution in [-0.2, 0) is 6.42 Å². The molecule has 8 nitrogen and oxygen atoms in total. The zero-order chi connectivity index (χ0) is 20.4. The Morgan fingerprint density at radius 3 is 2.59 bits per heavy atom. The van der Waals surface area contributed by atoms with Gasteiger partial charge in [-0.3, -0.25) is 10.2 Å². The molecule has 1 amide bonds. The minimum atomic E-state index is -2.51. The second-order valence-electron chi connectivity index (χ2n) is 6.20. The summed E-state index contributed by atoms with van der Waals surface area (Å²) in [6.07, 6.45) is 4.56. The fourth-order valence-electron chi connectivity index (χ4n) is 2.92. The molecule has 0 aromatic carbocycles. The summed E-state index contributed by atoms with van der Waals surface area (Å²) in [5.74, 6) is 0.154. The molecule has 0 unspecified atom stereocenters. The van der Waals surface area contributed by atoms with Gasteiger partial charge in [-0.1, -0.05) is 0 Å². The third-order valence-electron chi connectivity index (χ3n) is 4.23. The van der Waals surface area contributed by atoms with Crippen LogP contribution >= 0.6 is 0 Å². The van der Waals surface area contributed by atoms with Crippen LogP contribution in [0, 0.1) is 6.92 Å². The fraction of sp³-hybridized carbons (Fsp3) is 0.158. The van der Waals surface area contributed by atoms with Crippen molar-refractivity contribution < 1.29 is 13.6 Å². The fourth-order valence-corrected chi connectivity index (χ4v) is 2.92. The van der Waals surface area contributed by atoms with Crippen LogP contribution in [0.25, 0.3) is 22.7 Å². The Labute approximate surface area is 163 Å². The van der Waals surface area contributed by atoms with E-state index in [1.54, 1.807) is 37.5 Å². The predicted octanol–water partition coefficient (Wildman–Crippen LogP) is 2.78. The van der Waals surface area contributed by atoms with E-state index in [0.29, 0.717) is 33.9 Å². The molecule has 29 heavy (non-hydrogen) atoms. The van der Waals surface area contributed by atoms with E-state index < -0.39 is 18.8 Å². The number of pyridine rings is 1. The molecule has 0 atom stereocenters. The molecule has 0 aliphatic carbocycles. The van der Waals surface area contributed by atoms with E-state index in [1.165, 1.54) is 23.3 Å². The predicted molar refractivity (Wildman–Crippen MR) is 101 cm³/mol. The van der Waals surface area contributed by atoms with Gasteiger partial charge in [0.1, 0.15) is 0 Å². The number of alkyl halides is 2. The van der Waals surface area contributed by atoms with Crippen LogP contribution in [0.4, 0.5) is 8.78 Å². The van der Waals surface area contributed by atoms with Crippen LogP contribution in [0.15, 0.2) is 49.2 Å². The number of nitrogens with one attached hydrogen (secondary N) is 1. The van der Waals surface area contributed by atoms with E-state index in [0.717, 1.165) is 0 Å². The quantitative estimate of drug-likeness (QED) is 0.558. The summed E-state index contributed by atoms with van der Waals surface area (Å²) in [6, 6.07) is 5.02. The molecule has 0 saturated carbocycles. The number of nitrogens with zero attached hydrogens (tertiary/aromatic N) is 6. The van der Waals surface area contributed by atoms with Gasteiger partial charge in [-0.05, 0) is 30.7 Å². The number of fused-ring (bicyclic) bond motifs is 1. The third-order valence-corrected chi connectivity index (χ3v) is 4.23. The smallest absolute Gasteiger partial charge is 0.267 e. The highest BCUT2D eigenvalue weighted by atomic mass is 19.3. The van der Waals surface area contributed by atoms with Crippen LogP contribution in [-0.4, -0.2) is 41.9 Å². The molecule has 0 aliphatic heterocycles. The largest absolute Gasteiger partial charge is 0.273 e. The first-order valence-electron chi connectivity index (χ1n) is 8.68. The number of hydrogen-bond acceptors (Lipinski definition) is 6. The monoisotopic (exact) mass is 395 g/mol. The zero-order valence-electron chi connectivity index (χ0n) is 15.3. The lowest BCUT2D eigenvalue weighted by molar-refractivity contribution is 0.101. The average Bonchev–Trinajstić information content (AvgIpc) is 3.05. The number of halogens is 2. The van der Waals surface area contributed by atoms with E-state index in [-0.39, 0.29) is 5.56 Å². The Balaban J connectivity index is 1.63. The van der Waals surface area contributed by atoms with Crippen molar-refractivity contribution in [3.05, 3.63) is 66.0 Å². The van der Waals surface area contributed by atoms with Gasteiger partial charge in [0.15, 0.2) is 17.3 Å². The first-order valence-corrected chi connectivity index (χ1v) is 8.68. The standard InChI is InChI=1S/C19H15F2N7O/c1-11-14(9-25-17(26-11)16-22-6-3-7-23-16)19(29)27-28-10-12(8-15(20)21)13-4-2-5-24-18(13)28/h2-7,9-10,15H,8H2,1H3,(H,27,29). The number of aromatic nitrogens is 6. The van der Waals surface area contributed by atoms with Gasteiger partial charge in [-0.2, -0.15) is 0 Å². The Hall–Kier alpha value is -3.82. The van der Waals surface area contributed by atoms with Crippen LogP contribution in [0.1, 0.15) is 21.6 Å². The highest BCUT2D eigenvalue weighted by Crippen LogP contribution is 2.21. The van der Waals surface area contributed by atoms with Crippen LogP contribution < -0.4 is 5.43 Å². The highest BCUT2D eigenvalue weighted by molar-refractivity contribution is 6.01. The van der Waals surface area contributed by atoms with E-state index in [1.807, 2.05) is 0 Å². The summed E-state index contributed by atoms with van der Waals surface area (Å²) in [5.41, 5.74) is 4.09. The van der Waals surface area contributed by atoms with Gasteiger partial charge in [0, 0.05) is 42.8 Å². The molecule has 0 fully saturated rings. The summed E-state index contributed by atoms with van der Waals surface area (Å²) >= 11 is 0. The summed E-state index contributed by atoms with van der Waals surface area (Å²) in [5, 5.41) is 0.553. The first-order chi connectivity index (χ1) is 14.0. The molecule has 0 aliphatic rings. The van der Waals surface area contributed by atoms with Gasteiger partial charge in [0.25, 0.3) is 5.91 Å². The van der Waals surface area contributed by atoms with Crippen molar-refractivity contribution in [2.24, 2.45) is 0 Å². The number of carbonyl (C=O) groups excluding carboxylic acids is 1. The number of rotatable bonds is 5. The van der Waals surface area contributed by atoms with Crippen molar-refractivity contribution in [1.29, 1.82) is 0 Å². The molecule has 0 radical (unpaired) electrons. The lowest BCUT2D eigenvalue weighted by Crippen LogP contribution is -2.24. The van der Waals surface area contributed by atoms with Crippen molar-refractivity contribution in [3.8, 4) is 11.6 Å². The van der Waals surface area contributed by atoms with E-state index in [4.69, 9.17) is 0 Å². The van der Waals surface area contributed by atoms with Gasteiger partial charge in [0.2, 0.25) is 6.43 Å². The van der Waals surface area contributed by atoms with Gasteiger partial charge in [-0.25, -0.2) is 38.4 Å². The van der Waals surface area contributed by atoms with Gasteiger partial charge in [0.05, 0.1) is 11.3 Å². The summed E-state index contributed by atoms with van der Waals surface area (Å²) in [4.78, 5) is 33.5. The summed E-state index contributed by atoms with van der Waals surface area (Å²) < 4.78 is 27.1. The minimum absolute atomic E-state index is 0.234. The van der Waals surface area contributed by atoms with Crippen molar-refractivity contribution in [2.45, 2.75) is 19.8 Å². The van der Waals surface area contributed by atoms with E-state index in [2.05, 4.69) is 30.3 Å². The van der Waals surface area contributed by atoms with E-state index in [9.17, 15) is 13.6 Å². The SMILES string of the molecule is Cc1nc(-c2ncccn2)ncc1C(=O)Nn1cc(CC(F)F)c2cccnc21. The third kappa shape index (κ3) is 3.77. The number of hydrogen-bond donors (Lipinski definition) is 1. The van der Waals surface area contributed by atoms with Crippen LogP contribution in [0.3, 0.4) is 0 Å². The lowest BCUT2D eigenvalue weighted by Gasteiger charge is -2.09. The van der Waals surface area contributed by atoms with Crippen molar-refractivity contribution in [2.75, 3.05) is 5.43 Å². The van der Waals surface area contributed by atoms with Crippen LogP contribution in [0.5, 0.6) is 0 Å². The number of amides is 1. The topological polar surface area (TPSA) is 98.5 Å². The molecule has 1 N–H and O–H groups in total. The maximum atomic E-state index is 12.9. The van der Waals surface area contributed by atoms with E-state index >= 15 is 0 Å². The second-order valence-corrected chi connectivity index (χ2v) is 6.20. The second kappa shape index (κ2) is 7.66. The average molecular weight is 395 g/mol. The molecule has 10 heteroatoms. The molecule has 4 aromatic heterocycles. The number of aryl methyl sites for hydroxylation is 1. The Bertz CT molecular complexity index is 1180. The molecule has 0 bridgehead atoms. The molecule has 4 heterocycles. The van der Waals surface area contributed by atoms with Crippen molar-refractivity contribution >= 4 is 16.9 Å². The summed E-state index contributed by atoms with van der Waals surface area (Å²) in [6.45, 7) is 1.66. The van der Waals surface area contributed by atoms with Gasteiger partial charge in [-0.15, -0.1) is 0 Å². The highest BCUT2D eigenvalue weighted by Gasteiger charge is 2.18. The number of carbonyl (C=O) groups is 1. The molecule has 0 spiro atoms. The molecular formula is C19H15F2N7O. The Kier molecular flexibility index (Phi) is 4.90. The van der Waals surface area contributed by atoms with Crippen molar-refractivity contribution in [3.63, 3.8) is 0 Å². The summed E-state index contributed by atoms with van der Waals surface area (Å²) in [7, 11) is 0. The zero-order valence-corrected chi connectivity index (χ0v) is 15.3. The molecule has 4 rings (SSSR count). The molecule has 146 valence electrons. The molecule has 4 aromatic rings. The lowest BCUT2D eigenvalue weighted by atomic mass is 10.2. The Morgan fingerprint density at radius 2 is 1.86 bits per heavy atom. The maximum absolute atomic E-state index is 12.9.